The van der Waals surface area contributed by atoms with E-state index in [1.807, 2.05) is 21.9 Å². The molecule has 618 valence electrons. The van der Waals surface area contributed by atoms with E-state index in [0.717, 1.165) is 193 Å². The summed E-state index contributed by atoms with van der Waals surface area (Å²) in [5.74, 6) is 0.305. The third kappa shape index (κ3) is 18.4. The van der Waals surface area contributed by atoms with Crippen LogP contribution in [0.3, 0.4) is 0 Å². The first kappa shape index (κ1) is 83.2. The van der Waals surface area contributed by atoms with Crippen LogP contribution >= 0.6 is 43.5 Å². The highest BCUT2D eigenvalue weighted by atomic mass is 79.9. The number of likely N-dealkylation sites (N-methyl/N-ethyl adjacent to an activating group) is 5. The molecule has 3 fully saturated rings. The number of fused-ring (bicyclic) bond motifs is 9. The predicted octanol–water partition coefficient (Wildman–Crippen LogP) is 17.8. The Morgan fingerprint density at radius 3 is 1.26 bits per heavy atom. The minimum absolute atomic E-state index is 0.140. The lowest BCUT2D eigenvalue weighted by molar-refractivity contribution is -0.130. The van der Waals surface area contributed by atoms with E-state index in [4.69, 9.17) is 20.9 Å². The van der Waals surface area contributed by atoms with E-state index in [9.17, 15) is 9.59 Å². The van der Waals surface area contributed by atoms with Crippen LogP contribution in [0.4, 0.5) is 45.5 Å². The van der Waals surface area contributed by atoms with Crippen LogP contribution in [0.25, 0.3) is 66.5 Å². The van der Waals surface area contributed by atoms with Crippen LogP contribution in [0.2, 0.25) is 5.02 Å². The molecule has 0 bridgehead atoms. The fourth-order valence-corrected chi connectivity index (χ4v) is 18.5. The van der Waals surface area contributed by atoms with E-state index in [0.29, 0.717) is 11.1 Å². The first-order chi connectivity index (χ1) is 57.8. The molecule has 0 saturated carbocycles. The number of aromatic nitrogens is 6. The van der Waals surface area contributed by atoms with Crippen LogP contribution in [-0.2, 0) is 57.4 Å². The molecule has 3 saturated heterocycles. The first-order valence-electron chi connectivity index (χ1n) is 42.0. The van der Waals surface area contributed by atoms with Crippen LogP contribution in [0.15, 0.2) is 192 Å². The number of anilines is 8. The Morgan fingerprint density at radius 1 is 0.425 bits per heavy atom. The van der Waals surface area contributed by atoms with Gasteiger partial charge in [0.25, 0.3) is 0 Å². The van der Waals surface area contributed by atoms with Crippen molar-refractivity contribution >= 4 is 146 Å². The van der Waals surface area contributed by atoms with Crippen LogP contribution in [0.5, 0.6) is 0 Å². The molecular weight excluding hydrogens is 1650 g/mol. The zero-order valence-corrected chi connectivity index (χ0v) is 74.5. The van der Waals surface area contributed by atoms with Gasteiger partial charge in [-0.25, -0.2) is 0 Å². The van der Waals surface area contributed by atoms with Crippen molar-refractivity contribution in [1.82, 2.24) is 39.7 Å². The lowest BCUT2D eigenvalue weighted by Gasteiger charge is -2.32. The summed E-state index contributed by atoms with van der Waals surface area (Å²) in [4.78, 5) is 65.8. The van der Waals surface area contributed by atoms with Gasteiger partial charge in [0.1, 0.15) is 0 Å². The Labute approximate surface area is 727 Å². The molecule has 9 aliphatic rings. The molecule has 20 nitrogen and oxygen atoms in total. The zero-order chi connectivity index (χ0) is 83.7. The van der Waals surface area contributed by atoms with Crippen molar-refractivity contribution in [1.29, 1.82) is 0 Å². The molecule has 9 aromatic carbocycles. The second kappa shape index (κ2) is 35.7. The second-order valence-corrected chi connectivity index (χ2v) is 36.2. The van der Waals surface area contributed by atoms with Crippen LogP contribution < -0.4 is 45.9 Å². The summed E-state index contributed by atoms with van der Waals surface area (Å²) in [5.41, 5.74) is 31.1. The molecule has 0 radical (unpaired) electrons. The summed E-state index contributed by atoms with van der Waals surface area (Å²) < 4.78 is 14.5. The van der Waals surface area contributed by atoms with Gasteiger partial charge >= 0.3 is 7.12 Å². The summed E-state index contributed by atoms with van der Waals surface area (Å²) >= 11 is 13.1. The second-order valence-electron chi connectivity index (χ2n) is 33.9. The lowest BCUT2D eigenvalue weighted by Crippen LogP contribution is -2.41. The maximum absolute atomic E-state index is 11.7. The molecule has 120 heavy (non-hydrogen) atoms. The number of amides is 2. The number of nitrogens with one attached hydrogen (secondary N) is 3. The van der Waals surface area contributed by atoms with E-state index >= 15 is 0 Å². The number of nitrogens with zero attached hydrogens (tertiary/aromatic N) is 13. The zero-order valence-electron chi connectivity index (χ0n) is 70.6. The van der Waals surface area contributed by atoms with E-state index in [-0.39, 0.29) is 36.2 Å². The summed E-state index contributed by atoms with van der Waals surface area (Å²) in [5, 5.41) is 11.3. The van der Waals surface area contributed by atoms with Gasteiger partial charge in [0.05, 0.1) is 44.3 Å². The number of piperidine rings is 1. The fourth-order valence-electron chi connectivity index (χ4n) is 17.6. The van der Waals surface area contributed by atoms with E-state index in [2.05, 4.69) is 299 Å². The highest BCUT2D eigenvalue weighted by molar-refractivity contribution is 9.10. The van der Waals surface area contributed by atoms with Crippen molar-refractivity contribution in [2.45, 2.75) is 123 Å². The monoisotopic (exact) mass is 1750 g/mol. The average molecular weight is 1750 g/mol. The summed E-state index contributed by atoms with van der Waals surface area (Å²) in [7, 11) is 10.4. The van der Waals surface area contributed by atoms with Crippen LogP contribution in [-0.4, -0.2) is 183 Å². The van der Waals surface area contributed by atoms with E-state index < -0.39 is 0 Å². The standard InChI is InChI=1S/C24H27N5O.C23H25N5O.C17H14ClN3.C15H22BNO2.C9H10BrN.C8H8BrN/c1-16(30)29-11-6-19(7-12-29)27-20-14-21(24-22(15-20)25-8-9-26-24)18-4-3-17-5-10-28(2)23(17)13-18;1-15(29)28-10-6-18(14-28)26-19-12-20(23-21(13-19)24-7-8-25-23)17-4-3-16-5-9-27(2)22(16)11-17;1-21-7-4-11-2-3-12(8-16(11)21)14-9-13(18)10-15-17(14)20-6-5-19-15;1-14(2)15(3,4)19-16(18-14)12-7-6-11-8-9-17(5)13(11)10-12;1-11-5-4-7-2-3-8(10)6-9(7)11;9-7-2-1-6-3-4-10-8(6)5-7/h3-4,8-9,13-15,19,27H,5-7,10-12H2,1-2H3;3-4,7-8,11-13,18,26H,5-6,9-10,14H2,1-2H3;2-3,5-6,8-10H,4,7H2,1H3;6-7,10H,8-9H2,1-5H3;2-3,6H,4-5H2,1H3;1-2,5,10H,3-4H2/t;18-;;;;/m.0..../s1. The molecule has 2 amide bonds. The summed E-state index contributed by atoms with van der Waals surface area (Å²) in [6.07, 6.45) is 20.1. The molecule has 0 unspecified atom stereocenters. The number of carbonyl (C=O) groups excluding carboxylic acids is 2. The predicted molar refractivity (Wildman–Crippen MR) is 501 cm³/mol. The molecule has 12 heterocycles. The third-order valence-corrected chi connectivity index (χ3v) is 26.5. The molecule has 21 rings (SSSR count). The molecular formula is C96H106BBr2ClN16O4. The topological polar surface area (TPSA) is 189 Å². The van der Waals surface area contributed by atoms with Gasteiger partial charge in [0.15, 0.2) is 0 Å². The van der Waals surface area contributed by atoms with Gasteiger partial charge in [0, 0.05) is 240 Å². The Hall–Kier alpha value is -10.4. The molecule has 3 N–H and O–H groups in total. The van der Waals surface area contributed by atoms with Crippen molar-refractivity contribution in [3.63, 3.8) is 0 Å². The van der Waals surface area contributed by atoms with E-state index in [1.54, 1.807) is 51.0 Å². The summed E-state index contributed by atoms with van der Waals surface area (Å²) in [6.45, 7) is 21.4. The Morgan fingerprint density at radius 2 is 0.800 bits per heavy atom. The van der Waals surface area contributed by atoms with Gasteiger partial charge in [-0.2, -0.15) is 0 Å². The Bertz CT molecular complexity index is 5810. The average Bonchev–Trinajstić information content (AvgIpc) is 1.61. The van der Waals surface area contributed by atoms with Crippen LogP contribution in [0.1, 0.15) is 94.2 Å². The molecule has 3 aromatic heterocycles. The SMILES string of the molecule is Brc1ccc2c(c1)NCC2.CC(=O)N1CCC(Nc2cc(-c3ccc4c(c3)N(C)CC4)c3nccnc3c2)CC1.CC(=O)N1CC[C@H](Nc2cc(-c3ccc4c(c3)N(C)CC4)c3nccnc3c2)C1.CN1CCc2ccc(-c3cc(Cl)cc4nccnc34)cc21.CN1CCc2ccc(B3OC(C)(C)C(C)(C)O3)cc21.CN1CCc2ccc(Br)cc21. The van der Waals surface area contributed by atoms with Gasteiger partial charge in [-0.15, -0.1) is 0 Å². The number of halogens is 3. The highest BCUT2D eigenvalue weighted by Gasteiger charge is 2.52. The van der Waals surface area contributed by atoms with E-state index in [1.165, 1.54) is 90.4 Å². The molecule has 0 spiro atoms. The number of carbonyl (C=O) groups is 2. The lowest BCUT2D eigenvalue weighted by atomic mass is 9.78. The minimum Gasteiger partial charge on any atom is -0.399 e. The van der Waals surface area contributed by atoms with Crippen molar-refractivity contribution in [3.05, 3.63) is 230 Å². The number of benzene rings is 9. The van der Waals surface area contributed by atoms with Crippen molar-refractivity contribution in [2.75, 3.05) is 141 Å². The van der Waals surface area contributed by atoms with Crippen molar-refractivity contribution in [3.8, 4) is 33.4 Å². The van der Waals surface area contributed by atoms with Gasteiger partial charge in [-0.3, -0.25) is 39.5 Å². The van der Waals surface area contributed by atoms with Crippen molar-refractivity contribution in [2.24, 2.45) is 0 Å². The largest absolute Gasteiger partial charge is 0.494 e. The smallest absolute Gasteiger partial charge is 0.399 e. The minimum atomic E-state index is -0.275. The van der Waals surface area contributed by atoms with Gasteiger partial charge in [-0.05, 0) is 226 Å². The normalized spacial score (nSPS) is 17.4. The Balaban J connectivity index is 0.000000111. The highest BCUT2D eigenvalue weighted by Crippen LogP contribution is 2.42. The molecule has 1 atom stereocenters. The maximum atomic E-state index is 11.7. The number of hydrogen-bond donors (Lipinski definition) is 3. The quantitative estimate of drug-likeness (QED) is 0.122. The van der Waals surface area contributed by atoms with Gasteiger partial charge in [-0.1, -0.05) is 104 Å². The van der Waals surface area contributed by atoms with Gasteiger partial charge < -0.3 is 59.6 Å². The van der Waals surface area contributed by atoms with Gasteiger partial charge in [0.2, 0.25) is 11.8 Å². The molecule has 9 aliphatic heterocycles. The number of hydrogen-bond acceptors (Lipinski definition) is 18. The van der Waals surface area contributed by atoms with Crippen molar-refractivity contribution < 1.29 is 18.9 Å². The maximum Gasteiger partial charge on any atom is 0.494 e. The first-order valence-corrected chi connectivity index (χ1v) is 44.0. The van der Waals surface area contributed by atoms with Crippen LogP contribution in [0, 0.1) is 0 Å². The fraction of sp³-hybridized carbons (Fsp3) is 0.354. The third-order valence-electron chi connectivity index (χ3n) is 25.3. The molecule has 0 aliphatic carbocycles. The molecule has 24 heteroatoms. The molecule has 12 aromatic rings. The summed E-state index contributed by atoms with van der Waals surface area (Å²) in [6, 6.07) is 52.4. The Kier molecular flexibility index (Phi) is 24.8. The number of likely N-dealkylation sites (tertiary alicyclic amines) is 2. The number of rotatable bonds is 8.